The number of hydrogen-bond donors (Lipinski definition) is 0. The van der Waals surface area contributed by atoms with Crippen molar-refractivity contribution in [2.45, 2.75) is 19.6 Å². The Morgan fingerprint density at radius 1 is 1.21 bits per heavy atom. The second-order valence-electron chi connectivity index (χ2n) is 8.70. The van der Waals surface area contributed by atoms with Crippen LogP contribution in [0.1, 0.15) is 24.1 Å². The summed E-state index contributed by atoms with van der Waals surface area (Å²) in [5.41, 5.74) is 2.12. The van der Waals surface area contributed by atoms with Gasteiger partial charge in [0.05, 0.1) is 28.7 Å². The van der Waals surface area contributed by atoms with Gasteiger partial charge in [0, 0.05) is 32.4 Å². The van der Waals surface area contributed by atoms with E-state index in [4.69, 9.17) is 9.57 Å². The van der Waals surface area contributed by atoms with E-state index in [0.717, 1.165) is 18.7 Å². The van der Waals surface area contributed by atoms with Crippen LogP contribution in [-0.4, -0.2) is 55.5 Å². The number of pyridine rings is 1. The fraction of sp³-hybridized carbons (Fsp3) is 0.360. The molecular weight excluding hydrogens is 423 g/mol. The zero-order valence-corrected chi connectivity index (χ0v) is 18.8. The number of rotatable bonds is 5. The van der Waals surface area contributed by atoms with Crippen LogP contribution in [-0.2, 0) is 11.4 Å². The Morgan fingerprint density at radius 3 is 2.73 bits per heavy atom. The minimum Gasteiger partial charge on any atom is -0.487 e. The van der Waals surface area contributed by atoms with Crippen LogP contribution in [0.25, 0.3) is 10.9 Å². The van der Waals surface area contributed by atoms with Crippen LogP contribution < -0.4 is 15.1 Å². The molecule has 5 rings (SSSR count). The van der Waals surface area contributed by atoms with Crippen LogP contribution in [0.2, 0.25) is 0 Å². The SMILES string of the molecule is C[C@H]1COc2c(N3CCN(C)CC3)c(F)cc3c(=O)c(C=NOCc4ccccc4)cn1c23. The van der Waals surface area contributed by atoms with Crippen molar-refractivity contribution >= 4 is 22.8 Å². The molecule has 0 aliphatic carbocycles. The molecule has 2 aromatic carbocycles. The molecule has 172 valence electrons. The smallest absolute Gasteiger partial charge is 0.198 e. The van der Waals surface area contributed by atoms with Crippen LogP contribution in [0, 0.1) is 5.82 Å². The fourth-order valence-electron chi connectivity index (χ4n) is 4.43. The van der Waals surface area contributed by atoms with Gasteiger partial charge in [-0.2, -0.15) is 0 Å². The molecule has 2 aliphatic heterocycles. The summed E-state index contributed by atoms with van der Waals surface area (Å²) in [4.78, 5) is 22.8. The summed E-state index contributed by atoms with van der Waals surface area (Å²) in [6.07, 6.45) is 3.17. The van der Waals surface area contributed by atoms with Gasteiger partial charge in [-0.1, -0.05) is 35.5 Å². The van der Waals surface area contributed by atoms with Gasteiger partial charge in [0.2, 0.25) is 0 Å². The molecule has 3 heterocycles. The van der Waals surface area contributed by atoms with Crippen molar-refractivity contribution in [3.05, 3.63) is 69.8 Å². The Bertz CT molecular complexity index is 1250. The van der Waals surface area contributed by atoms with Gasteiger partial charge in [-0.15, -0.1) is 0 Å². The molecule has 0 amide bonds. The lowest BCUT2D eigenvalue weighted by atomic mass is 10.1. The number of hydrogen-bond acceptors (Lipinski definition) is 6. The van der Waals surface area contributed by atoms with E-state index in [2.05, 4.69) is 17.1 Å². The summed E-state index contributed by atoms with van der Waals surface area (Å²) < 4.78 is 23.4. The first-order valence-corrected chi connectivity index (χ1v) is 11.2. The first-order valence-electron chi connectivity index (χ1n) is 11.2. The minimum atomic E-state index is -0.435. The van der Waals surface area contributed by atoms with Gasteiger partial charge < -0.3 is 23.9 Å². The maximum atomic E-state index is 15.4. The zero-order valence-electron chi connectivity index (χ0n) is 18.8. The number of piperazine rings is 1. The molecule has 8 heteroatoms. The van der Waals surface area contributed by atoms with E-state index in [-0.39, 0.29) is 11.5 Å². The molecule has 1 aromatic heterocycles. The molecule has 0 radical (unpaired) electrons. The lowest BCUT2D eigenvalue weighted by Gasteiger charge is -2.37. The first kappa shape index (κ1) is 21.5. The summed E-state index contributed by atoms with van der Waals surface area (Å²) in [5.74, 6) is 0.0169. The lowest BCUT2D eigenvalue weighted by molar-refractivity contribution is 0.132. The van der Waals surface area contributed by atoms with E-state index >= 15 is 4.39 Å². The van der Waals surface area contributed by atoms with E-state index < -0.39 is 5.82 Å². The van der Waals surface area contributed by atoms with Crippen LogP contribution >= 0.6 is 0 Å². The largest absolute Gasteiger partial charge is 0.487 e. The number of anilines is 1. The third-order valence-electron chi connectivity index (χ3n) is 6.33. The summed E-state index contributed by atoms with van der Waals surface area (Å²) >= 11 is 0. The predicted molar refractivity (Wildman–Crippen MR) is 127 cm³/mol. The number of benzene rings is 2. The van der Waals surface area contributed by atoms with Crippen molar-refractivity contribution in [2.24, 2.45) is 5.16 Å². The van der Waals surface area contributed by atoms with Gasteiger partial charge in [0.1, 0.15) is 18.9 Å². The standard InChI is InChI=1S/C25H27FN4O3/c1-17-15-32-25-22-20(12-21(26)23(25)29-10-8-28(2)9-11-29)24(31)19(14-30(17)22)13-27-33-16-18-6-4-3-5-7-18/h3-7,12-14,17H,8-11,15-16H2,1-2H3/t17-/m0/s1. The first-order chi connectivity index (χ1) is 16.0. The third-order valence-corrected chi connectivity index (χ3v) is 6.33. The molecule has 2 aliphatic rings. The van der Waals surface area contributed by atoms with Crippen molar-refractivity contribution in [3.63, 3.8) is 0 Å². The molecular formula is C25H27FN4O3. The van der Waals surface area contributed by atoms with Gasteiger partial charge in [-0.05, 0) is 25.6 Å². The second-order valence-corrected chi connectivity index (χ2v) is 8.70. The Kier molecular flexibility index (Phi) is 5.76. The molecule has 0 saturated carbocycles. The highest BCUT2D eigenvalue weighted by Gasteiger charge is 2.30. The molecule has 0 N–H and O–H groups in total. The Morgan fingerprint density at radius 2 is 1.97 bits per heavy atom. The van der Waals surface area contributed by atoms with Crippen LogP contribution in [0.15, 0.2) is 52.5 Å². The van der Waals surface area contributed by atoms with Crippen molar-refractivity contribution < 1.29 is 14.0 Å². The summed E-state index contributed by atoms with van der Waals surface area (Å²) in [6.45, 7) is 5.82. The Balaban J connectivity index is 1.52. The van der Waals surface area contributed by atoms with E-state index in [1.54, 1.807) is 6.20 Å². The molecule has 3 aromatic rings. The monoisotopic (exact) mass is 450 g/mol. The maximum absolute atomic E-state index is 15.4. The number of likely N-dealkylation sites (N-methyl/N-ethyl adjacent to an activating group) is 1. The fourth-order valence-corrected chi connectivity index (χ4v) is 4.43. The molecule has 7 nitrogen and oxygen atoms in total. The quantitative estimate of drug-likeness (QED) is 0.441. The highest BCUT2D eigenvalue weighted by Crippen LogP contribution is 2.41. The van der Waals surface area contributed by atoms with Crippen molar-refractivity contribution in [2.75, 3.05) is 44.7 Å². The van der Waals surface area contributed by atoms with E-state index in [9.17, 15) is 4.79 Å². The summed E-state index contributed by atoms with van der Waals surface area (Å²) in [7, 11) is 2.06. The number of nitrogens with zero attached hydrogens (tertiary/aromatic N) is 4. The second kappa shape index (κ2) is 8.86. The van der Waals surface area contributed by atoms with E-state index in [0.29, 0.717) is 54.2 Å². The highest BCUT2D eigenvalue weighted by atomic mass is 19.1. The number of halogens is 1. The molecule has 0 unspecified atom stereocenters. The average Bonchev–Trinajstić information content (AvgIpc) is 2.82. The van der Waals surface area contributed by atoms with Crippen LogP contribution in [0.5, 0.6) is 5.75 Å². The molecule has 33 heavy (non-hydrogen) atoms. The van der Waals surface area contributed by atoms with Crippen molar-refractivity contribution in [3.8, 4) is 5.75 Å². The van der Waals surface area contributed by atoms with Gasteiger partial charge >= 0.3 is 0 Å². The van der Waals surface area contributed by atoms with E-state index in [1.807, 2.05) is 46.7 Å². The zero-order chi connectivity index (χ0) is 22.9. The van der Waals surface area contributed by atoms with Crippen LogP contribution in [0.4, 0.5) is 10.1 Å². The van der Waals surface area contributed by atoms with Crippen molar-refractivity contribution in [1.29, 1.82) is 0 Å². The number of aromatic nitrogens is 1. The Labute approximate surface area is 191 Å². The lowest BCUT2D eigenvalue weighted by Crippen LogP contribution is -2.45. The maximum Gasteiger partial charge on any atom is 0.198 e. The molecule has 1 fully saturated rings. The van der Waals surface area contributed by atoms with E-state index in [1.165, 1.54) is 12.3 Å². The number of oxime groups is 1. The minimum absolute atomic E-state index is 0.0104. The summed E-state index contributed by atoms with van der Waals surface area (Å²) in [5, 5.41) is 4.28. The molecule has 0 spiro atoms. The molecule has 0 bridgehead atoms. The number of ether oxygens (including phenoxy) is 1. The Hall–Kier alpha value is -3.39. The highest BCUT2D eigenvalue weighted by molar-refractivity contribution is 5.95. The molecule has 1 atom stereocenters. The predicted octanol–water partition coefficient (Wildman–Crippen LogP) is 3.40. The third kappa shape index (κ3) is 4.06. The van der Waals surface area contributed by atoms with Crippen molar-refractivity contribution in [1.82, 2.24) is 9.47 Å². The van der Waals surface area contributed by atoms with Gasteiger partial charge in [-0.25, -0.2) is 4.39 Å². The average molecular weight is 451 g/mol. The normalized spacial score (nSPS) is 18.6. The van der Waals surface area contributed by atoms with Gasteiger partial charge in [-0.3, -0.25) is 4.79 Å². The van der Waals surface area contributed by atoms with Crippen LogP contribution in [0.3, 0.4) is 0 Å². The summed E-state index contributed by atoms with van der Waals surface area (Å²) in [6, 6.07) is 11.0. The van der Waals surface area contributed by atoms with Gasteiger partial charge in [0.15, 0.2) is 17.0 Å². The molecule has 1 saturated heterocycles. The topological polar surface area (TPSA) is 59.3 Å². The van der Waals surface area contributed by atoms with Gasteiger partial charge in [0.25, 0.3) is 0 Å².